The third-order valence-electron chi connectivity index (χ3n) is 3.73. The molecule has 1 heterocycles. The van der Waals surface area contributed by atoms with Crippen LogP contribution in [0.5, 0.6) is 0 Å². The number of nitrogens with one attached hydrogen (secondary N) is 1. The molecule has 5 heteroatoms. The molecule has 0 fully saturated rings. The van der Waals surface area contributed by atoms with E-state index in [1.807, 2.05) is 42.5 Å². The number of anilines is 1. The first-order chi connectivity index (χ1) is 11.6. The third kappa shape index (κ3) is 3.57. The lowest BCUT2D eigenvalue weighted by Gasteiger charge is -2.08. The van der Waals surface area contributed by atoms with Gasteiger partial charge in [-0.1, -0.05) is 36.4 Å². The summed E-state index contributed by atoms with van der Waals surface area (Å²) in [5.74, 6) is -1.10. The van der Waals surface area contributed by atoms with Gasteiger partial charge in [0, 0.05) is 23.7 Å². The van der Waals surface area contributed by atoms with Crippen molar-refractivity contribution in [1.82, 2.24) is 4.98 Å². The first kappa shape index (κ1) is 15.7. The summed E-state index contributed by atoms with van der Waals surface area (Å²) in [6, 6.07) is 16.6. The number of carbonyl (C=O) groups excluding carboxylic acids is 1. The van der Waals surface area contributed by atoms with Gasteiger partial charge in [-0.25, -0.2) is 0 Å². The van der Waals surface area contributed by atoms with Crippen molar-refractivity contribution in [2.75, 3.05) is 5.32 Å². The van der Waals surface area contributed by atoms with Gasteiger partial charge in [-0.15, -0.1) is 0 Å². The van der Waals surface area contributed by atoms with Gasteiger partial charge in [0.15, 0.2) is 0 Å². The van der Waals surface area contributed by atoms with Gasteiger partial charge in [0.25, 0.3) is 5.91 Å². The van der Waals surface area contributed by atoms with Gasteiger partial charge in [-0.2, -0.15) is 0 Å². The molecule has 0 bridgehead atoms. The van der Waals surface area contributed by atoms with Crippen molar-refractivity contribution in [1.29, 1.82) is 0 Å². The lowest BCUT2D eigenvalue weighted by molar-refractivity contribution is -0.136. The first-order valence-electron chi connectivity index (χ1n) is 7.59. The number of amides is 1. The van der Waals surface area contributed by atoms with E-state index in [1.165, 1.54) is 0 Å². The quantitative estimate of drug-likeness (QED) is 0.754. The van der Waals surface area contributed by atoms with E-state index >= 15 is 0 Å². The summed E-state index contributed by atoms with van der Waals surface area (Å²) in [7, 11) is 0. The Balaban J connectivity index is 1.75. The smallest absolute Gasteiger partial charge is 0.303 e. The van der Waals surface area contributed by atoms with E-state index in [0.29, 0.717) is 17.8 Å². The lowest BCUT2D eigenvalue weighted by Crippen LogP contribution is -2.14. The number of benzene rings is 2. The van der Waals surface area contributed by atoms with Crippen molar-refractivity contribution in [3.8, 4) is 0 Å². The topological polar surface area (TPSA) is 79.3 Å². The fourth-order valence-corrected chi connectivity index (χ4v) is 2.50. The third-order valence-corrected chi connectivity index (χ3v) is 3.73. The maximum atomic E-state index is 12.5. The molecule has 0 atom stereocenters. The number of hydrogen-bond donors (Lipinski definition) is 2. The number of carbonyl (C=O) groups is 2. The van der Waals surface area contributed by atoms with Crippen LogP contribution in [0.15, 0.2) is 60.8 Å². The van der Waals surface area contributed by atoms with Gasteiger partial charge in [-0.3, -0.25) is 14.6 Å². The molecule has 3 rings (SSSR count). The molecule has 0 unspecified atom stereocenters. The molecule has 120 valence electrons. The molecule has 0 saturated carbocycles. The normalized spacial score (nSPS) is 10.5. The minimum absolute atomic E-state index is 0.0889. The largest absolute Gasteiger partial charge is 0.481 e. The summed E-state index contributed by atoms with van der Waals surface area (Å²) in [4.78, 5) is 27.3. The highest BCUT2D eigenvalue weighted by atomic mass is 16.4. The van der Waals surface area contributed by atoms with Crippen LogP contribution in [0, 0.1) is 0 Å². The molecule has 0 aliphatic heterocycles. The molecule has 0 radical (unpaired) electrons. The Morgan fingerprint density at radius 3 is 2.50 bits per heavy atom. The number of fused-ring (bicyclic) bond motifs is 1. The second kappa shape index (κ2) is 6.91. The first-order valence-corrected chi connectivity index (χ1v) is 7.59. The molecule has 24 heavy (non-hydrogen) atoms. The number of aromatic nitrogens is 1. The molecular weight excluding hydrogens is 304 g/mol. The van der Waals surface area contributed by atoms with Gasteiger partial charge >= 0.3 is 5.97 Å². The van der Waals surface area contributed by atoms with Crippen LogP contribution in [0.3, 0.4) is 0 Å². The van der Waals surface area contributed by atoms with Crippen LogP contribution in [0.25, 0.3) is 10.8 Å². The zero-order valence-electron chi connectivity index (χ0n) is 12.9. The molecule has 0 spiro atoms. The molecule has 0 saturated heterocycles. The van der Waals surface area contributed by atoms with E-state index in [4.69, 9.17) is 5.11 Å². The molecule has 1 aromatic heterocycles. The van der Waals surface area contributed by atoms with E-state index in [1.54, 1.807) is 18.3 Å². The summed E-state index contributed by atoms with van der Waals surface area (Å²) < 4.78 is 0. The van der Waals surface area contributed by atoms with Gasteiger partial charge in [0.05, 0.1) is 0 Å². The molecule has 5 nitrogen and oxygen atoms in total. The second-order valence-corrected chi connectivity index (χ2v) is 5.43. The highest BCUT2D eigenvalue weighted by Crippen LogP contribution is 2.18. The van der Waals surface area contributed by atoms with E-state index in [9.17, 15) is 9.59 Å². The van der Waals surface area contributed by atoms with Gasteiger partial charge in [0.2, 0.25) is 0 Å². The predicted octanol–water partition coefficient (Wildman–Crippen LogP) is 3.50. The number of rotatable bonds is 5. The van der Waals surface area contributed by atoms with Crippen molar-refractivity contribution >= 4 is 28.3 Å². The average Bonchev–Trinajstić information content (AvgIpc) is 2.60. The van der Waals surface area contributed by atoms with Crippen LogP contribution in [0.2, 0.25) is 0 Å². The van der Waals surface area contributed by atoms with Crippen LogP contribution in [-0.4, -0.2) is 22.0 Å². The number of aliphatic carboxylic acids is 1. The second-order valence-electron chi connectivity index (χ2n) is 5.43. The number of pyridine rings is 1. The van der Waals surface area contributed by atoms with Crippen molar-refractivity contribution in [3.63, 3.8) is 0 Å². The van der Waals surface area contributed by atoms with E-state index < -0.39 is 5.97 Å². The molecule has 0 aliphatic rings. The minimum atomic E-state index is -0.825. The molecular formula is C19H16N2O3. The van der Waals surface area contributed by atoms with Gasteiger partial charge < -0.3 is 10.4 Å². The van der Waals surface area contributed by atoms with Crippen molar-refractivity contribution in [2.45, 2.75) is 12.8 Å². The summed E-state index contributed by atoms with van der Waals surface area (Å²) in [5.41, 5.74) is 1.94. The Labute approximate surface area is 139 Å². The zero-order valence-corrected chi connectivity index (χ0v) is 12.9. The SMILES string of the molecule is O=C(O)CCc1ccc(NC(=O)c2nccc3ccccc23)cc1. The maximum absolute atomic E-state index is 12.5. The Morgan fingerprint density at radius 2 is 1.75 bits per heavy atom. The summed E-state index contributed by atoms with van der Waals surface area (Å²) in [5, 5.41) is 13.3. The predicted molar refractivity (Wildman–Crippen MR) is 92.1 cm³/mol. The van der Waals surface area contributed by atoms with Crippen molar-refractivity contribution < 1.29 is 14.7 Å². The van der Waals surface area contributed by atoms with E-state index in [-0.39, 0.29) is 12.3 Å². The number of aryl methyl sites for hydroxylation is 1. The fourth-order valence-electron chi connectivity index (χ4n) is 2.50. The standard InChI is InChI=1S/C19H16N2O3/c22-17(23)10-7-13-5-8-15(9-6-13)21-19(24)18-16-4-2-1-3-14(16)11-12-20-18/h1-6,8-9,11-12H,7,10H2,(H,21,24)(H,22,23). The van der Waals surface area contributed by atoms with Gasteiger partial charge in [-0.05, 0) is 35.6 Å². The number of nitrogens with zero attached hydrogens (tertiary/aromatic N) is 1. The van der Waals surface area contributed by atoms with Gasteiger partial charge in [0.1, 0.15) is 5.69 Å². The zero-order chi connectivity index (χ0) is 16.9. The lowest BCUT2D eigenvalue weighted by atomic mass is 10.1. The molecule has 0 aliphatic carbocycles. The molecule has 3 aromatic rings. The summed E-state index contributed by atoms with van der Waals surface area (Å²) in [6.45, 7) is 0. The van der Waals surface area contributed by atoms with E-state index in [0.717, 1.165) is 16.3 Å². The van der Waals surface area contributed by atoms with E-state index in [2.05, 4.69) is 10.3 Å². The highest BCUT2D eigenvalue weighted by Gasteiger charge is 2.11. The minimum Gasteiger partial charge on any atom is -0.481 e. The average molecular weight is 320 g/mol. The van der Waals surface area contributed by atoms with Crippen molar-refractivity contribution in [3.05, 3.63) is 72.1 Å². The summed E-state index contributed by atoms with van der Waals surface area (Å²) >= 11 is 0. The number of carboxylic acid groups (broad SMARTS) is 1. The molecule has 1 amide bonds. The Morgan fingerprint density at radius 1 is 1.00 bits per heavy atom. The fraction of sp³-hybridized carbons (Fsp3) is 0.105. The van der Waals surface area contributed by atoms with Crippen LogP contribution >= 0.6 is 0 Å². The maximum Gasteiger partial charge on any atom is 0.303 e. The number of hydrogen-bond acceptors (Lipinski definition) is 3. The van der Waals surface area contributed by atoms with Crippen LogP contribution in [0.1, 0.15) is 22.5 Å². The van der Waals surface area contributed by atoms with Crippen LogP contribution < -0.4 is 5.32 Å². The highest BCUT2D eigenvalue weighted by molar-refractivity contribution is 6.11. The van der Waals surface area contributed by atoms with Crippen LogP contribution in [-0.2, 0) is 11.2 Å². The number of carboxylic acids is 1. The molecule has 2 N–H and O–H groups in total. The Hall–Kier alpha value is -3.21. The summed E-state index contributed by atoms with van der Waals surface area (Å²) in [6.07, 6.45) is 2.17. The monoisotopic (exact) mass is 320 g/mol. The van der Waals surface area contributed by atoms with Crippen LogP contribution in [0.4, 0.5) is 5.69 Å². The Bertz CT molecular complexity index is 883. The molecule has 2 aromatic carbocycles. The Kier molecular flexibility index (Phi) is 4.52. The van der Waals surface area contributed by atoms with Crippen molar-refractivity contribution in [2.24, 2.45) is 0 Å².